The minimum absolute atomic E-state index is 0.614. The lowest BCUT2D eigenvalue weighted by Gasteiger charge is -2.12. The van der Waals surface area contributed by atoms with Crippen LogP contribution in [0.2, 0.25) is 0 Å². The van der Waals surface area contributed by atoms with Crippen LogP contribution in [0, 0.1) is 0 Å². The molecule has 8 aromatic carbocycles. The summed E-state index contributed by atoms with van der Waals surface area (Å²) in [6.07, 6.45) is 0. The van der Waals surface area contributed by atoms with Crippen molar-refractivity contribution in [2.24, 2.45) is 0 Å². The molecule has 3 aromatic heterocycles. The molecule has 52 heavy (non-hydrogen) atoms. The molecule has 0 bridgehead atoms. The minimum atomic E-state index is 0.614. The Hall–Kier alpha value is -7.11. The zero-order valence-electron chi connectivity index (χ0n) is 27.7. The number of para-hydroxylation sites is 2. The lowest BCUT2D eigenvalue weighted by Crippen LogP contribution is -2.00. The molecule has 3 heterocycles. The molecule has 0 N–H and O–H groups in total. The van der Waals surface area contributed by atoms with Gasteiger partial charge in [0.1, 0.15) is 22.3 Å². The number of fused-ring (bicyclic) bond motifs is 8. The molecule has 11 aromatic rings. The average Bonchev–Trinajstić information content (AvgIpc) is 3.77. The second-order valence-corrected chi connectivity index (χ2v) is 13.2. The number of hydrogen-bond donors (Lipinski definition) is 0. The molecule has 0 saturated carbocycles. The van der Waals surface area contributed by atoms with Gasteiger partial charge in [0.15, 0.2) is 17.5 Å². The van der Waals surface area contributed by atoms with Gasteiger partial charge in [0.2, 0.25) is 0 Å². The normalized spacial score (nSPS) is 11.8. The molecule has 5 heteroatoms. The van der Waals surface area contributed by atoms with E-state index in [1.807, 2.05) is 66.7 Å². The van der Waals surface area contributed by atoms with Crippen molar-refractivity contribution in [3.63, 3.8) is 0 Å². The van der Waals surface area contributed by atoms with Crippen LogP contribution in [0.3, 0.4) is 0 Å². The van der Waals surface area contributed by atoms with Crippen molar-refractivity contribution >= 4 is 65.4 Å². The first-order valence-corrected chi connectivity index (χ1v) is 17.3. The zero-order valence-corrected chi connectivity index (χ0v) is 27.7. The van der Waals surface area contributed by atoms with Crippen molar-refractivity contribution in [1.82, 2.24) is 15.0 Å². The van der Waals surface area contributed by atoms with Gasteiger partial charge in [-0.2, -0.15) is 0 Å². The predicted octanol–water partition coefficient (Wildman–Crippen LogP) is 12.6. The second-order valence-electron chi connectivity index (χ2n) is 13.2. The van der Waals surface area contributed by atoms with E-state index in [1.54, 1.807) is 0 Å². The first kappa shape index (κ1) is 28.7. The second kappa shape index (κ2) is 11.2. The topological polar surface area (TPSA) is 65.0 Å². The molecular weight excluding hydrogens is 639 g/mol. The fourth-order valence-electron chi connectivity index (χ4n) is 7.61. The highest BCUT2D eigenvalue weighted by atomic mass is 16.3. The van der Waals surface area contributed by atoms with Gasteiger partial charge in [-0.25, -0.2) is 15.0 Å². The summed E-state index contributed by atoms with van der Waals surface area (Å²) in [5, 5.41) is 8.91. The first-order chi connectivity index (χ1) is 25.7. The van der Waals surface area contributed by atoms with Gasteiger partial charge < -0.3 is 8.83 Å². The molecule has 0 saturated heterocycles. The molecule has 0 fully saturated rings. The van der Waals surface area contributed by atoms with E-state index in [1.165, 1.54) is 0 Å². The maximum Gasteiger partial charge on any atom is 0.164 e. The van der Waals surface area contributed by atoms with Crippen LogP contribution in [0.1, 0.15) is 0 Å². The van der Waals surface area contributed by atoms with Crippen LogP contribution in [-0.4, -0.2) is 15.0 Å². The van der Waals surface area contributed by atoms with Crippen LogP contribution in [0.15, 0.2) is 173 Å². The van der Waals surface area contributed by atoms with Gasteiger partial charge in [0.25, 0.3) is 0 Å². The van der Waals surface area contributed by atoms with Crippen LogP contribution < -0.4 is 0 Å². The van der Waals surface area contributed by atoms with E-state index in [2.05, 4.69) is 97.1 Å². The smallest absolute Gasteiger partial charge is 0.164 e. The number of rotatable bonds is 4. The van der Waals surface area contributed by atoms with Crippen molar-refractivity contribution in [2.45, 2.75) is 0 Å². The molecule has 0 amide bonds. The van der Waals surface area contributed by atoms with Crippen LogP contribution in [-0.2, 0) is 0 Å². The summed E-state index contributed by atoms with van der Waals surface area (Å²) in [6, 6.07) is 56.4. The summed E-state index contributed by atoms with van der Waals surface area (Å²) in [5.41, 5.74) is 8.58. The summed E-state index contributed by atoms with van der Waals surface area (Å²) in [4.78, 5) is 15.1. The van der Waals surface area contributed by atoms with Gasteiger partial charge in [-0.15, -0.1) is 0 Å². The summed E-state index contributed by atoms with van der Waals surface area (Å²) >= 11 is 0. The Bertz CT molecular complexity index is 3190. The molecule has 0 radical (unpaired) electrons. The van der Waals surface area contributed by atoms with Crippen LogP contribution in [0.5, 0.6) is 0 Å². The highest BCUT2D eigenvalue weighted by Gasteiger charge is 2.17. The van der Waals surface area contributed by atoms with Gasteiger partial charge in [-0.1, -0.05) is 121 Å². The lowest BCUT2D eigenvalue weighted by molar-refractivity contribution is 0.669. The SMILES string of the molecule is c1ccc(-c2nc(-c3ccc4cc5c(cc4c3)oc3ccccc35)nc(-c3ccc4c(-c5cccc6oc7ccccc7c56)cccc4c3)n2)cc1. The van der Waals surface area contributed by atoms with Gasteiger partial charge in [-0.05, 0) is 75.1 Å². The molecule has 0 spiro atoms. The zero-order chi connectivity index (χ0) is 34.2. The number of hydrogen-bond acceptors (Lipinski definition) is 5. The van der Waals surface area contributed by atoms with Crippen molar-refractivity contribution in [1.29, 1.82) is 0 Å². The van der Waals surface area contributed by atoms with E-state index in [9.17, 15) is 0 Å². The van der Waals surface area contributed by atoms with Crippen molar-refractivity contribution in [3.8, 4) is 45.3 Å². The van der Waals surface area contributed by atoms with E-state index >= 15 is 0 Å². The molecule has 0 aliphatic rings. The van der Waals surface area contributed by atoms with E-state index in [0.717, 1.165) is 93.2 Å². The highest BCUT2D eigenvalue weighted by Crippen LogP contribution is 2.40. The molecule has 11 rings (SSSR count). The Kier molecular flexibility index (Phi) is 6.18. The molecule has 0 aliphatic carbocycles. The Morgan fingerprint density at radius 2 is 0.923 bits per heavy atom. The largest absolute Gasteiger partial charge is 0.456 e. The van der Waals surface area contributed by atoms with Gasteiger partial charge >= 0.3 is 0 Å². The van der Waals surface area contributed by atoms with Gasteiger partial charge in [0.05, 0.1) is 0 Å². The van der Waals surface area contributed by atoms with Crippen LogP contribution >= 0.6 is 0 Å². The summed E-state index contributed by atoms with van der Waals surface area (Å²) in [6.45, 7) is 0. The first-order valence-electron chi connectivity index (χ1n) is 17.3. The summed E-state index contributed by atoms with van der Waals surface area (Å²) in [7, 11) is 0. The van der Waals surface area contributed by atoms with Crippen LogP contribution in [0.25, 0.3) is 111 Å². The highest BCUT2D eigenvalue weighted by molar-refractivity contribution is 6.15. The molecule has 0 aliphatic heterocycles. The number of furan rings is 2. The maximum atomic E-state index is 6.23. The molecule has 0 unspecified atom stereocenters. The van der Waals surface area contributed by atoms with Crippen molar-refractivity contribution < 1.29 is 8.83 Å². The Morgan fingerprint density at radius 3 is 1.75 bits per heavy atom. The summed E-state index contributed by atoms with van der Waals surface area (Å²) in [5.74, 6) is 1.86. The van der Waals surface area contributed by atoms with Gasteiger partial charge in [0, 0.05) is 38.2 Å². The number of benzene rings is 8. The number of aromatic nitrogens is 3. The third-order valence-electron chi connectivity index (χ3n) is 10.1. The van der Waals surface area contributed by atoms with E-state index < -0.39 is 0 Å². The van der Waals surface area contributed by atoms with Crippen LogP contribution in [0.4, 0.5) is 0 Å². The fourth-order valence-corrected chi connectivity index (χ4v) is 7.61. The third-order valence-corrected chi connectivity index (χ3v) is 10.1. The third kappa shape index (κ3) is 4.53. The average molecular weight is 666 g/mol. The van der Waals surface area contributed by atoms with Gasteiger partial charge in [-0.3, -0.25) is 0 Å². The fraction of sp³-hybridized carbons (Fsp3) is 0. The number of nitrogens with zero attached hydrogens (tertiary/aromatic N) is 3. The van der Waals surface area contributed by atoms with Crippen molar-refractivity contribution in [3.05, 3.63) is 164 Å². The maximum absolute atomic E-state index is 6.23. The monoisotopic (exact) mass is 665 g/mol. The van der Waals surface area contributed by atoms with E-state index in [4.69, 9.17) is 23.8 Å². The molecule has 5 nitrogen and oxygen atoms in total. The standard InChI is InChI=1S/C47H27N3O2/c1-2-10-28(11-3-1)45-48-46(31-21-20-29-26-39-36-13-4-6-17-40(36)52-43(39)27-33(29)25-31)50-47(49-45)32-22-23-34-30(24-32)12-8-15-35(34)37-16-9-19-42-44(37)38-14-5-7-18-41(38)51-42/h1-27H. The Balaban J connectivity index is 1.06. The predicted molar refractivity (Wildman–Crippen MR) is 211 cm³/mol. The molecular formula is C47H27N3O2. The van der Waals surface area contributed by atoms with E-state index in [-0.39, 0.29) is 0 Å². The van der Waals surface area contributed by atoms with Crippen molar-refractivity contribution in [2.75, 3.05) is 0 Å². The summed E-state index contributed by atoms with van der Waals surface area (Å²) < 4.78 is 12.4. The Labute approximate surface area is 297 Å². The van der Waals surface area contributed by atoms with E-state index in [0.29, 0.717) is 17.5 Å². The quantitative estimate of drug-likeness (QED) is 0.187. The molecule has 0 atom stereocenters. The lowest BCUT2D eigenvalue weighted by atomic mass is 9.94. The molecule has 242 valence electrons. The Morgan fingerprint density at radius 1 is 0.308 bits per heavy atom. The minimum Gasteiger partial charge on any atom is -0.456 e.